The van der Waals surface area contributed by atoms with Crippen LogP contribution in [0.15, 0.2) is 17.8 Å². The molecule has 1 N–H and O–H groups in total. The standard InChI is InChI=1S/C9H15N3OS/c1-4-5-12-8(3)10-11-9(12)14-6-7(2)13/h4,7,13H,1,5-6H2,2-3H3/t7-/m1/s1. The summed E-state index contributed by atoms with van der Waals surface area (Å²) in [4.78, 5) is 0. The average molecular weight is 213 g/mol. The van der Waals surface area contributed by atoms with E-state index in [-0.39, 0.29) is 6.10 Å². The van der Waals surface area contributed by atoms with Gasteiger partial charge in [0, 0.05) is 12.3 Å². The lowest BCUT2D eigenvalue weighted by molar-refractivity contribution is 0.220. The predicted molar refractivity (Wildman–Crippen MR) is 57.4 cm³/mol. The van der Waals surface area contributed by atoms with Crippen LogP contribution in [0.3, 0.4) is 0 Å². The van der Waals surface area contributed by atoms with E-state index in [0.717, 1.165) is 11.0 Å². The van der Waals surface area contributed by atoms with Gasteiger partial charge in [0.2, 0.25) is 0 Å². The summed E-state index contributed by atoms with van der Waals surface area (Å²) in [7, 11) is 0. The molecule has 0 aliphatic heterocycles. The van der Waals surface area contributed by atoms with Gasteiger partial charge in [0.25, 0.3) is 0 Å². The molecule has 1 heterocycles. The fourth-order valence-corrected chi connectivity index (χ4v) is 1.85. The molecule has 0 bridgehead atoms. The molecule has 0 aromatic carbocycles. The van der Waals surface area contributed by atoms with Gasteiger partial charge in [0.1, 0.15) is 5.82 Å². The van der Waals surface area contributed by atoms with E-state index in [1.807, 2.05) is 17.6 Å². The van der Waals surface area contributed by atoms with Crippen molar-refractivity contribution in [1.82, 2.24) is 14.8 Å². The first-order chi connectivity index (χ1) is 6.65. The van der Waals surface area contributed by atoms with Crippen LogP contribution in [0.2, 0.25) is 0 Å². The Balaban J connectivity index is 2.70. The average Bonchev–Trinajstić information content (AvgIpc) is 2.46. The molecule has 0 saturated carbocycles. The summed E-state index contributed by atoms with van der Waals surface area (Å²) in [6, 6.07) is 0. The van der Waals surface area contributed by atoms with Crippen LogP contribution >= 0.6 is 11.8 Å². The molecule has 1 aromatic heterocycles. The Morgan fingerprint density at radius 3 is 2.93 bits per heavy atom. The van der Waals surface area contributed by atoms with Crippen molar-refractivity contribution in [2.24, 2.45) is 0 Å². The van der Waals surface area contributed by atoms with Crippen molar-refractivity contribution >= 4 is 11.8 Å². The smallest absolute Gasteiger partial charge is 0.191 e. The molecule has 5 heteroatoms. The van der Waals surface area contributed by atoms with Gasteiger partial charge in [-0.05, 0) is 13.8 Å². The maximum Gasteiger partial charge on any atom is 0.191 e. The molecular weight excluding hydrogens is 198 g/mol. The second-order valence-electron chi connectivity index (χ2n) is 3.09. The molecule has 0 unspecified atom stereocenters. The maximum absolute atomic E-state index is 9.14. The van der Waals surface area contributed by atoms with E-state index in [0.29, 0.717) is 12.3 Å². The van der Waals surface area contributed by atoms with Crippen LogP contribution < -0.4 is 0 Å². The molecule has 0 saturated heterocycles. The van der Waals surface area contributed by atoms with E-state index in [4.69, 9.17) is 5.11 Å². The molecule has 0 spiro atoms. The highest BCUT2D eigenvalue weighted by Crippen LogP contribution is 2.17. The molecule has 14 heavy (non-hydrogen) atoms. The summed E-state index contributed by atoms with van der Waals surface area (Å²) < 4.78 is 1.97. The zero-order valence-corrected chi connectivity index (χ0v) is 9.29. The number of aliphatic hydroxyl groups is 1. The SMILES string of the molecule is C=CCn1c(C)nnc1SC[C@@H](C)O. The normalized spacial score (nSPS) is 12.8. The largest absolute Gasteiger partial charge is 0.393 e. The zero-order valence-electron chi connectivity index (χ0n) is 8.47. The minimum atomic E-state index is -0.325. The number of aromatic nitrogens is 3. The van der Waals surface area contributed by atoms with Crippen molar-refractivity contribution < 1.29 is 5.11 Å². The lowest BCUT2D eigenvalue weighted by Gasteiger charge is -2.05. The third-order valence-electron chi connectivity index (χ3n) is 1.67. The number of hydrogen-bond acceptors (Lipinski definition) is 4. The van der Waals surface area contributed by atoms with Gasteiger partial charge in [0.15, 0.2) is 5.16 Å². The van der Waals surface area contributed by atoms with E-state index >= 15 is 0 Å². The molecule has 0 aliphatic carbocycles. The highest BCUT2D eigenvalue weighted by atomic mass is 32.2. The van der Waals surface area contributed by atoms with Gasteiger partial charge in [-0.3, -0.25) is 0 Å². The maximum atomic E-state index is 9.14. The molecule has 1 rings (SSSR count). The Labute approximate surface area is 88.0 Å². The van der Waals surface area contributed by atoms with Crippen LogP contribution in [0.4, 0.5) is 0 Å². The number of rotatable bonds is 5. The first-order valence-electron chi connectivity index (χ1n) is 4.46. The van der Waals surface area contributed by atoms with E-state index in [9.17, 15) is 0 Å². The van der Waals surface area contributed by atoms with Crippen LogP contribution in [0.25, 0.3) is 0 Å². The third kappa shape index (κ3) is 2.85. The fraction of sp³-hybridized carbons (Fsp3) is 0.556. The van der Waals surface area contributed by atoms with E-state index in [2.05, 4.69) is 16.8 Å². The topological polar surface area (TPSA) is 50.9 Å². The van der Waals surface area contributed by atoms with Crippen LogP contribution in [-0.4, -0.2) is 31.7 Å². The van der Waals surface area contributed by atoms with Crippen LogP contribution in [0.1, 0.15) is 12.7 Å². The number of aliphatic hydroxyl groups excluding tert-OH is 1. The molecule has 0 fully saturated rings. The van der Waals surface area contributed by atoms with Gasteiger partial charge >= 0.3 is 0 Å². The van der Waals surface area contributed by atoms with E-state index in [1.165, 1.54) is 11.8 Å². The Hall–Kier alpha value is -0.810. The predicted octanol–water partition coefficient (Wildman–Crippen LogP) is 1.25. The second-order valence-corrected chi connectivity index (χ2v) is 4.08. The van der Waals surface area contributed by atoms with Gasteiger partial charge in [-0.2, -0.15) is 0 Å². The number of nitrogens with zero attached hydrogens (tertiary/aromatic N) is 3. The molecule has 1 aromatic rings. The lowest BCUT2D eigenvalue weighted by Crippen LogP contribution is -2.05. The van der Waals surface area contributed by atoms with E-state index < -0.39 is 0 Å². The summed E-state index contributed by atoms with van der Waals surface area (Å²) in [6.45, 7) is 8.05. The van der Waals surface area contributed by atoms with Crippen molar-refractivity contribution in [2.75, 3.05) is 5.75 Å². The Bertz CT molecular complexity index is 309. The molecule has 0 aliphatic rings. The molecule has 0 amide bonds. The summed E-state index contributed by atoms with van der Waals surface area (Å²) in [5, 5.41) is 18.0. The number of hydrogen-bond donors (Lipinski definition) is 1. The van der Waals surface area contributed by atoms with Crippen molar-refractivity contribution in [1.29, 1.82) is 0 Å². The van der Waals surface area contributed by atoms with Gasteiger partial charge in [-0.25, -0.2) is 0 Å². The highest BCUT2D eigenvalue weighted by Gasteiger charge is 2.08. The van der Waals surface area contributed by atoms with E-state index in [1.54, 1.807) is 6.92 Å². The van der Waals surface area contributed by atoms with Crippen molar-refractivity contribution in [2.45, 2.75) is 31.7 Å². The summed E-state index contributed by atoms with van der Waals surface area (Å²) >= 11 is 1.51. The third-order valence-corrected chi connectivity index (χ3v) is 2.88. The first kappa shape index (κ1) is 11.3. The number of thioether (sulfide) groups is 1. The molecule has 1 atom stereocenters. The quantitative estimate of drug-likeness (QED) is 0.590. The Morgan fingerprint density at radius 1 is 1.64 bits per heavy atom. The minimum absolute atomic E-state index is 0.325. The minimum Gasteiger partial charge on any atom is -0.393 e. The van der Waals surface area contributed by atoms with Gasteiger partial charge in [0.05, 0.1) is 6.10 Å². The van der Waals surface area contributed by atoms with Crippen molar-refractivity contribution in [3.05, 3.63) is 18.5 Å². The summed E-state index contributed by atoms with van der Waals surface area (Å²) in [5.74, 6) is 1.51. The first-order valence-corrected chi connectivity index (χ1v) is 5.45. The lowest BCUT2D eigenvalue weighted by atomic mass is 10.5. The Kier molecular flexibility index (Phi) is 4.16. The zero-order chi connectivity index (χ0) is 10.6. The van der Waals surface area contributed by atoms with Gasteiger partial charge < -0.3 is 9.67 Å². The molecular formula is C9H15N3OS. The fourth-order valence-electron chi connectivity index (χ4n) is 1.00. The Morgan fingerprint density at radius 2 is 2.36 bits per heavy atom. The molecule has 4 nitrogen and oxygen atoms in total. The molecule has 0 radical (unpaired) electrons. The van der Waals surface area contributed by atoms with Crippen LogP contribution in [0.5, 0.6) is 0 Å². The van der Waals surface area contributed by atoms with Crippen molar-refractivity contribution in [3.63, 3.8) is 0 Å². The molecule has 78 valence electrons. The van der Waals surface area contributed by atoms with Crippen LogP contribution in [-0.2, 0) is 6.54 Å². The van der Waals surface area contributed by atoms with Gasteiger partial charge in [-0.15, -0.1) is 16.8 Å². The highest BCUT2D eigenvalue weighted by molar-refractivity contribution is 7.99. The van der Waals surface area contributed by atoms with Gasteiger partial charge in [-0.1, -0.05) is 17.8 Å². The number of allylic oxidation sites excluding steroid dienone is 1. The van der Waals surface area contributed by atoms with Crippen LogP contribution in [0, 0.1) is 6.92 Å². The van der Waals surface area contributed by atoms with Crippen molar-refractivity contribution in [3.8, 4) is 0 Å². The number of aryl methyl sites for hydroxylation is 1. The monoisotopic (exact) mass is 213 g/mol. The summed E-state index contributed by atoms with van der Waals surface area (Å²) in [5.41, 5.74) is 0. The summed E-state index contributed by atoms with van der Waals surface area (Å²) in [6.07, 6.45) is 1.48. The second kappa shape index (κ2) is 5.17.